The van der Waals surface area contributed by atoms with Gasteiger partial charge in [-0.05, 0) is 49.1 Å². The Hall–Kier alpha value is -2.34. The van der Waals surface area contributed by atoms with Crippen LogP contribution in [0.15, 0.2) is 54.6 Å². The predicted molar refractivity (Wildman–Crippen MR) is 111 cm³/mol. The maximum Gasteiger partial charge on any atom is 0.251 e. The van der Waals surface area contributed by atoms with Gasteiger partial charge in [-0.1, -0.05) is 43.2 Å². The molecule has 0 unspecified atom stereocenters. The molecule has 0 aromatic heterocycles. The molecule has 1 saturated heterocycles. The SMILES string of the molecule is O=C(NCC1(c2ccccc2)CCCC1)c1ccc(N2CCCS2(=O)=O)cc1. The molecule has 2 aliphatic rings. The van der Waals surface area contributed by atoms with Crippen molar-refractivity contribution >= 4 is 21.6 Å². The molecule has 0 spiro atoms. The van der Waals surface area contributed by atoms with E-state index >= 15 is 0 Å². The molecule has 0 atom stereocenters. The molecule has 0 radical (unpaired) electrons. The molecule has 2 fully saturated rings. The Morgan fingerprint density at radius 1 is 0.964 bits per heavy atom. The van der Waals surface area contributed by atoms with Crippen molar-refractivity contribution in [2.75, 3.05) is 23.1 Å². The molecule has 2 aromatic rings. The Morgan fingerprint density at radius 2 is 1.64 bits per heavy atom. The molecule has 1 aliphatic carbocycles. The second-order valence-corrected chi connectivity index (χ2v) is 9.84. The van der Waals surface area contributed by atoms with E-state index in [2.05, 4.69) is 29.6 Å². The second kappa shape index (κ2) is 7.59. The molecule has 6 heteroatoms. The summed E-state index contributed by atoms with van der Waals surface area (Å²) in [6.07, 6.45) is 5.19. The first-order valence-electron chi connectivity index (χ1n) is 9.94. The standard InChI is InChI=1S/C22H26N2O3S/c25-21(18-9-11-20(12-10-18)24-15-6-16-28(24,26)27)23-17-22(13-4-5-14-22)19-7-2-1-3-8-19/h1-3,7-12H,4-6,13-17H2,(H,23,25). The van der Waals surface area contributed by atoms with Crippen LogP contribution < -0.4 is 9.62 Å². The third-order valence-electron chi connectivity index (χ3n) is 6.05. The Kier molecular flexibility index (Phi) is 5.15. The number of nitrogens with zero attached hydrogens (tertiary/aromatic N) is 1. The monoisotopic (exact) mass is 398 g/mol. The molecule has 148 valence electrons. The summed E-state index contributed by atoms with van der Waals surface area (Å²) >= 11 is 0. The van der Waals surface area contributed by atoms with Crippen LogP contribution >= 0.6 is 0 Å². The Morgan fingerprint density at radius 3 is 2.25 bits per heavy atom. The predicted octanol–water partition coefficient (Wildman–Crippen LogP) is 3.47. The van der Waals surface area contributed by atoms with Crippen molar-refractivity contribution < 1.29 is 13.2 Å². The Labute approximate surface area is 166 Å². The van der Waals surface area contributed by atoms with Crippen molar-refractivity contribution in [1.82, 2.24) is 5.32 Å². The average Bonchev–Trinajstić information content (AvgIpc) is 3.34. The summed E-state index contributed by atoms with van der Waals surface area (Å²) in [5, 5.41) is 3.11. The van der Waals surface area contributed by atoms with Crippen LogP contribution in [0, 0.1) is 0 Å². The number of carbonyl (C=O) groups excluding carboxylic acids is 1. The summed E-state index contributed by atoms with van der Waals surface area (Å²) in [6.45, 7) is 1.13. The van der Waals surface area contributed by atoms with E-state index in [0.717, 1.165) is 12.8 Å². The molecule has 28 heavy (non-hydrogen) atoms. The lowest BCUT2D eigenvalue weighted by atomic mass is 9.79. The highest BCUT2D eigenvalue weighted by Gasteiger charge is 2.35. The molecular weight excluding hydrogens is 372 g/mol. The van der Waals surface area contributed by atoms with Gasteiger partial charge in [0.2, 0.25) is 10.0 Å². The van der Waals surface area contributed by atoms with Crippen molar-refractivity contribution in [3.63, 3.8) is 0 Å². The molecular formula is C22H26N2O3S. The van der Waals surface area contributed by atoms with Gasteiger partial charge >= 0.3 is 0 Å². The van der Waals surface area contributed by atoms with Gasteiger partial charge in [0.25, 0.3) is 5.91 Å². The summed E-state index contributed by atoms with van der Waals surface area (Å²) in [6, 6.07) is 17.3. The van der Waals surface area contributed by atoms with E-state index in [1.807, 2.05) is 6.07 Å². The van der Waals surface area contributed by atoms with Gasteiger partial charge < -0.3 is 5.32 Å². The lowest BCUT2D eigenvalue weighted by Gasteiger charge is -2.30. The van der Waals surface area contributed by atoms with Crippen LogP contribution in [0.5, 0.6) is 0 Å². The summed E-state index contributed by atoms with van der Waals surface area (Å²) < 4.78 is 25.5. The number of hydrogen-bond donors (Lipinski definition) is 1. The van der Waals surface area contributed by atoms with Crippen LogP contribution in [-0.4, -0.2) is 33.2 Å². The van der Waals surface area contributed by atoms with Crippen LogP contribution in [0.25, 0.3) is 0 Å². The van der Waals surface area contributed by atoms with Crippen LogP contribution in [0.4, 0.5) is 5.69 Å². The zero-order valence-electron chi connectivity index (χ0n) is 15.9. The highest BCUT2D eigenvalue weighted by Crippen LogP contribution is 2.40. The first-order valence-corrected chi connectivity index (χ1v) is 11.6. The minimum absolute atomic E-state index is 0.0144. The molecule has 1 heterocycles. The van der Waals surface area contributed by atoms with E-state index in [1.54, 1.807) is 24.3 Å². The van der Waals surface area contributed by atoms with E-state index in [-0.39, 0.29) is 17.1 Å². The fourth-order valence-electron chi connectivity index (χ4n) is 4.47. The van der Waals surface area contributed by atoms with Crippen molar-refractivity contribution in [3.8, 4) is 0 Å². The number of amides is 1. The smallest absolute Gasteiger partial charge is 0.251 e. The largest absolute Gasteiger partial charge is 0.351 e. The number of nitrogens with one attached hydrogen (secondary N) is 1. The van der Waals surface area contributed by atoms with Gasteiger partial charge in [0.1, 0.15) is 0 Å². The maximum atomic E-state index is 12.7. The average molecular weight is 399 g/mol. The third kappa shape index (κ3) is 3.65. The molecule has 0 bridgehead atoms. The second-order valence-electron chi connectivity index (χ2n) is 7.82. The quantitative estimate of drug-likeness (QED) is 0.839. The molecule has 4 rings (SSSR count). The van der Waals surface area contributed by atoms with E-state index in [1.165, 1.54) is 22.7 Å². The number of carbonyl (C=O) groups is 1. The minimum Gasteiger partial charge on any atom is -0.351 e. The number of benzene rings is 2. The van der Waals surface area contributed by atoms with E-state index in [4.69, 9.17) is 0 Å². The van der Waals surface area contributed by atoms with Crippen molar-refractivity contribution in [3.05, 3.63) is 65.7 Å². The van der Waals surface area contributed by atoms with Crippen molar-refractivity contribution in [2.24, 2.45) is 0 Å². The van der Waals surface area contributed by atoms with Gasteiger partial charge in [0.15, 0.2) is 0 Å². The van der Waals surface area contributed by atoms with Gasteiger partial charge in [0, 0.05) is 24.1 Å². The summed E-state index contributed by atoms with van der Waals surface area (Å²) in [5.74, 6) is 0.0783. The zero-order valence-corrected chi connectivity index (χ0v) is 16.7. The summed E-state index contributed by atoms with van der Waals surface area (Å²) in [7, 11) is -3.20. The van der Waals surface area contributed by atoms with Crippen LogP contribution in [-0.2, 0) is 15.4 Å². The first kappa shape index (κ1) is 19.0. The van der Waals surface area contributed by atoms with Crippen LogP contribution in [0.2, 0.25) is 0 Å². The normalized spacial score (nSPS) is 20.2. The summed E-state index contributed by atoms with van der Waals surface area (Å²) in [5.41, 5.74) is 2.50. The van der Waals surface area contributed by atoms with Gasteiger partial charge in [-0.25, -0.2) is 8.42 Å². The number of sulfonamides is 1. The molecule has 1 amide bonds. The third-order valence-corrected chi connectivity index (χ3v) is 7.92. The minimum atomic E-state index is -3.20. The van der Waals surface area contributed by atoms with Crippen LogP contribution in [0.3, 0.4) is 0 Å². The van der Waals surface area contributed by atoms with E-state index in [0.29, 0.717) is 30.8 Å². The van der Waals surface area contributed by atoms with Gasteiger partial charge in [-0.3, -0.25) is 9.10 Å². The fraction of sp³-hybridized carbons (Fsp3) is 0.409. The molecule has 1 N–H and O–H groups in total. The first-order chi connectivity index (χ1) is 13.5. The molecule has 5 nitrogen and oxygen atoms in total. The Bertz CT molecular complexity index is 934. The lowest BCUT2D eigenvalue weighted by Crippen LogP contribution is -2.39. The summed E-state index contributed by atoms with van der Waals surface area (Å²) in [4.78, 5) is 12.7. The van der Waals surface area contributed by atoms with E-state index in [9.17, 15) is 13.2 Å². The highest BCUT2D eigenvalue weighted by molar-refractivity contribution is 7.93. The molecule has 1 aliphatic heterocycles. The topological polar surface area (TPSA) is 66.5 Å². The number of hydrogen-bond acceptors (Lipinski definition) is 3. The van der Waals surface area contributed by atoms with Crippen molar-refractivity contribution in [2.45, 2.75) is 37.5 Å². The van der Waals surface area contributed by atoms with Crippen LogP contribution in [0.1, 0.15) is 48.0 Å². The van der Waals surface area contributed by atoms with Gasteiger partial charge in [0.05, 0.1) is 11.4 Å². The van der Waals surface area contributed by atoms with Gasteiger partial charge in [-0.15, -0.1) is 0 Å². The lowest BCUT2D eigenvalue weighted by molar-refractivity contribution is 0.0943. The highest BCUT2D eigenvalue weighted by atomic mass is 32.2. The van der Waals surface area contributed by atoms with Crippen molar-refractivity contribution in [1.29, 1.82) is 0 Å². The molecule has 2 aromatic carbocycles. The van der Waals surface area contributed by atoms with Gasteiger partial charge in [-0.2, -0.15) is 0 Å². The van der Waals surface area contributed by atoms with E-state index < -0.39 is 10.0 Å². The zero-order chi connectivity index (χ0) is 19.6. The Balaban J connectivity index is 1.45. The molecule has 1 saturated carbocycles. The fourth-order valence-corrected chi connectivity index (χ4v) is 6.04. The maximum absolute atomic E-state index is 12.7. The number of rotatable bonds is 5. The number of anilines is 1.